The minimum atomic E-state index is 0.174. The number of hydrogen-bond acceptors (Lipinski definition) is 3. The topological polar surface area (TPSA) is 69.1 Å². The van der Waals surface area contributed by atoms with Crippen LogP contribution in [-0.4, -0.2) is 11.8 Å². The Morgan fingerprint density at radius 3 is 2.15 bits per heavy atom. The molecular formula is C17H22N2O. The Morgan fingerprint density at radius 2 is 1.70 bits per heavy atom. The third-order valence-electron chi connectivity index (χ3n) is 3.54. The molecule has 0 aromatic heterocycles. The maximum atomic E-state index is 10.2. The number of carbonyl (C=O) groups is 1. The molecule has 0 radical (unpaired) electrons. The number of benzene rings is 1. The Labute approximate surface area is 120 Å². The third kappa shape index (κ3) is 4.35. The van der Waals surface area contributed by atoms with Crippen molar-refractivity contribution >= 4 is 17.0 Å². The normalized spacial score (nSPS) is 21.1. The van der Waals surface area contributed by atoms with E-state index in [2.05, 4.69) is 12.2 Å². The summed E-state index contributed by atoms with van der Waals surface area (Å²) in [5.74, 6) is 0.454. The van der Waals surface area contributed by atoms with Gasteiger partial charge in [-0.2, -0.15) is 0 Å². The van der Waals surface area contributed by atoms with Crippen molar-refractivity contribution in [3.05, 3.63) is 48.1 Å². The summed E-state index contributed by atoms with van der Waals surface area (Å²) >= 11 is 0. The second kappa shape index (κ2) is 7.06. The molecule has 2 aliphatic rings. The summed E-state index contributed by atoms with van der Waals surface area (Å²) in [5, 5.41) is 0. The molecule has 1 atom stereocenters. The molecule has 20 heavy (non-hydrogen) atoms. The highest BCUT2D eigenvalue weighted by atomic mass is 16.1. The first kappa shape index (κ1) is 14.5. The molecule has 0 spiro atoms. The van der Waals surface area contributed by atoms with Crippen LogP contribution in [0.1, 0.15) is 37.7 Å². The van der Waals surface area contributed by atoms with Crippen LogP contribution in [0.4, 0.5) is 5.69 Å². The Balaban J connectivity index is 0.000000205. The largest absolute Gasteiger partial charge is 0.399 e. The molecule has 0 heterocycles. The fourth-order valence-electron chi connectivity index (χ4n) is 2.30. The van der Waals surface area contributed by atoms with Gasteiger partial charge >= 0.3 is 0 Å². The number of ketones is 1. The lowest BCUT2D eigenvalue weighted by atomic mass is 9.97. The molecule has 1 saturated carbocycles. The summed E-state index contributed by atoms with van der Waals surface area (Å²) in [6.07, 6.45) is 11.1. The minimum Gasteiger partial charge on any atom is -0.399 e. The number of rotatable bonds is 1. The van der Waals surface area contributed by atoms with Gasteiger partial charge in [0.15, 0.2) is 0 Å². The second-order valence-corrected chi connectivity index (χ2v) is 5.29. The van der Waals surface area contributed by atoms with E-state index in [9.17, 15) is 4.79 Å². The highest BCUT2D eigenvalue weighted by Crippen LogP contribution is 2.21. The van der Waals surface area contributed by atoms with E-state index >= 15 is 0 Å². The molecule has 3 heteroatoms. The summed E-state index contributed by atoms with van der Waals surface area (Å²) in [6.45, 7) is 0. The van der Waals surface area contributed by atoms with Crippen molar-refractivity contribution in [3.8, 4) is 0 Å². The Hall–Kier alpha value is -1.87. The number of allylic oxidation sites excluding steroid dienone is 2. The maximum absolute atomic E-state index is 10.2. The molecule has 0 aliphatic heterocycles. The zero-order valence-electron chi connectivity index (χ0n) is 11.7. The van der Waals surface area contributed by atoms with Crippen LogP contribution >= 0.6 is 0 Å². The zero-order chi connectivity index (χ0) is 14.4. The van der Waals surface area contributed by atoms with Crippen LogP contribution < -0.4 is 11.5 Å². The van der Waals surface area contributed by atoms with Gasteiger partial charge in [-0.25, -0.2) is 0 Å². The molecule has 0 amide bonds. The molecule has 0 saturated heterocycles. The lowest BCUT2D eigenvalue weighted by Crippen LogP contribution is -2.17. The number of nitrogens with two attached hydrogens (primary N) is 2. The molecule has 1 aromatic carbocycles. The van der Waals surface area contributed by atoms with Crippen molar-refractivity contribution in [1.29, 1.82) is 0 Å². The summed E-state index contributed by atoms with van der Waals surface area (Å²) in [6, 6.07) is 8.06. The fourth-order valence-corrected chi connectivity index (χ4v) is 2.30. The molecule has 4 N–H and O–H groups in total. The first-order chi connectivity index (χ1) is 9.65. The third-order valence-corrected chi connectivity index (χ3v) is 3.54. The van der Waals surface area contributed by atoms with Crippen molar-refractivity contribution < 1.29 is 4.79 Å². The molecule has 106 valence electrons. The van der Waals surface area contributed by atoms with Gasteiger partial charge in [0.25, 0.3) is 0 Å². The van der Waals surface area contributed by atoms with E-state index in [1.54, 1.807) is 0 Å². The summed E-state index contributed by atoms with van der Waals surface area (Å²) in [7, 11) is 0. The van der Waals surface area contributed by atoms with Crippen LogP contribution in [0.25, 0.3) is 5.57 Å². The van der Waals surface area contributed by atoms with E-state index in [1.165, 1.54) is 11.1 Å². The van der Waals surface area contributed by atoms with E-state index in [4.69, 9.17) is 11.5 Å². The first-order valence-corrected chi connectivity index (χ1v) is 7.17. The van der Waals surface area contributed by atoms with E-state index in [0.29, 0.717) is 5.78 Å². The van der Waals surface area contributed by atoms with Crippen molar-refractivity contribution in [2.75, 3.05) is 5.73 Å². The lowest BCUT2D eigenvalue weighted by molar-refractivity contribution is -0.117. The van der Waals surface area contributed by atoms with Crippen LogP contribution in [0.5, 0.6) is 0 Å². The zero-order valence-corrected chi connectivity index (χ0v) is 11.7. The van der Waals surface area contributed by atoms with E-state index in [1.807, 2.05) is 30.3 Å². The molecule has 3 nitrogen and oxygen atoms in total. The number of anilines is 1. The standard InChI is InChI=1S/C12H14N2.C5H8O/c13-11-5-1-9(2-6-11)10-3-7-12(14)8-4-10;6-5-3-1-2-4-5/h1-7,12H,8,13-14H2;1-4H2. The highest BCUT2D eigenvalue weighted by Gasteiger charge is 2.07. The van der Waals surface area contributed by atoms with Crippen LogP contribution in [0, 0.1) is 0 Å². The molecule has 1 aromatic rings. The lowest BCUT2D eigenvalue weighted by Gasteiger charge is -2.11. The average molecular weight is 270 g/mol. The molecular weight excluding hydrogens is 248 g/mol. The number of nitrogen functional groups attached to an aromatic ring is 1. The predicted octanol–water partition coefficient (Wildman–Crippen LogP) is 3.07. The van der Waals surface area contributed by atoms with Gasteiger partial charge in [-0.1, -0.05) is 30.4 Å². The molecule has 1 fully saturated rings. The van der Waals surface area contributed by atoms with Crippen molar-refractivity contribution in [3.63, 3.8) is 0 Å². The van der Waals surface area contributed by atoms with Crippen LogP contribution in [0.2, 0.25) is 0 Å². The quantitative estimate of drug-likeness (QED) is 0.770. The molecule has 0 bridgehead atoms. The van der Waals surface area contributed by atoms with Crippen molar-refractivity contribution in [2.24, 2.45) is 5.73 Å². The maximum Gasteiger partial charge on any atom is 0.132 e. The number of carbonyl (C=O) groups excluding carboxylic acids is 1. The SMILES string of the molecule is Nc1ccc(C2=CCC(N)C=C2)cc1.O=C1CCCC1. The Morgan fingerprint density at radius 1 is 1.05 bits per heavy atom. The van der Waals surface area contributed by atoms with E-state index in [-0.39, 0.29) is 6.04 Å². The first-order valence-electron chi connectivity index (χ1n) is 7.17. The predicted molar refractivity (Wildman–Crippen MR) is 84.0 cm³/mol. The second-order valence-electron chi connectivity index (χ2n) is 5.29. The smallest absolute Gasteiger partial charge is 0.132 e. The minimum absolute atomic E-state index is 0.174. The number of Topliss-reactive ketones (excluding diaryl/α,β-unsaturated/α-hetero) is 1. The van der Waals surface area contributed by atoms with Crippen molar-refractivity contribution in [1.82, 2.24) is 0 Å². The van der Waals surface area contributed by atoms with Crippen molar-refractivity contribution in [2.45, 2.75) is 38.1 Å². The fraction of sp³-hybridized carbons (Fsp3) is 0.353. The summed E-state index contributed by atoms with van der Waals surface area (Å²) in [5.41, 5.74) is 14.6. The molecule has 1 unspecified atom stereocenters. The van der Waals surface area contributed by atoms with Gasteiger partial charge in [0.05, 0.1) is 0 Å². The average Bonchev–Trinajstić information content (AvgIpc) is 2.93. The van der Waals surface area contributed by atoms with E-state index in [0.717, 1.165) is 37.8 Å². The monoisotopic (exact) mass is 270 g/mol. The van der Waals surface area contributed by atoms with Gasteiger partial charge in [-0.15, -0.1) is 0 Å². The molecule has 3 rings (SSSR count). The van der Waals surface area contributed by atoms with Gasteiger partial charge in [-0.3, -0.25) is 4.79 Å². The highest BCUT2D eigenvalue weighted by molar-refractivity contribution is 5.80. The van der Waals surface area contributed by atoms with Gasteiger partial charge in [-0.05, 0) is 42.5 Å². The van der Waals surface area contributed by atoms with Crippen LogP contribution in [-0.2, 0) is 4.79 Å². The van der Waals surface area contributed by atoms with Gasteiger partial charge in [0.1, 0.15) is 5.78 Å². The van der Waals surface area contributed by atoms with E-state index < -0.39 is 0 Å². The van der Waals surface area contributed by atoms with Crippen LogP contribution in [0.3, 0.4) is 0 Å². The van der Waals surface area contributed by atoms with Gasteiger partial charge in [0, 0.05) is 24.6 Å². The van der Waals surface area contributed by atoms with Gasteiger partial charge < -0.3 is 11.5 Å². The summed E-state index contributed by atoms with van der Waals surface area (Å²) < 4.78 is 0. The molecule has 2 aliphatic carbocycles. The summed E-state index contributed by atoms with van der Waals surface area (Å²) in [4.78, 5) is 10.2. The number of hydrogen-bond donors (Lipinski definition) is 2. The Kier molecular flexibility index (Phi) is 5.13. The van der Waals surface area contributed by atoms with Crippen LogP contribution in [0.15, 0.2) is 42.5 Å². The van der Waals surface area contributed by atoms with Gasteiger partial charge in [0.2, 0.25) is 0 Å². The Bertz CT molecular complexity index is 506.